The second-order valence-electron chi connectivity index (χ2n) is 20.3. The van der Waals surface area contributed by atoms with Gasteiger partial charge in [0.2, 0.25) is 0 Å². The zero-order valence-electron chi connectivity index (χ0n) is 39.6. The normalized spacial score (nSPS) is 14.0. The van der Waals surface area contributed by atoms with E-state index in [1.165, 1.54) is 127 Å². The number of benzene rings is 12. The fourth-order valence-electron chi connectivity index (χ4n) is 13.4. The van der Waals surface area contributed by atoms with Crippen LogP contribution in [0, 0.1) is 0 Å². The van der Waals surface area contributed by atoms with Gasteiger partial charge in [-0.2, -0.15) is 0 Å². The number of nitrogens with zero attached hydrogens (tertiary/aromatic N) is 1. The van der Waals surface area contributed by atoms with Crippen molar-refractivity contribution in [1.29, 1.82) is 0 Å². The van der Waals surface area contributed by atoms with Crippen molar-refractivity contribution >= 4 is 49.4 Å². The SMILES string of the molecule is CC1(C)c2ccccc2-c2c(N(c3ccc4c5ccccc5c5ccccc5c4c3)c3cc4c(cc3-c3ccc(-c5ccccc5)cc3)-c3ccccc3C43c4ccccc4-c4ccccc43)cccc21. The molecule has 12 aromatic rings. The molecular formula is C70H47N. The van der Waals surface area contributed by atoms with Crippen molar-refractivity contribution < 1.29 is 0 Å². The van der Waals surface area contributed by atoms with Crippen molar-refractivity contribution in [2.24, 2.45) is 0 Å². The van der Waals surface area contributed by atoms with Gasteiger partial charge in [0.05, 0.1) is 16.8 Å². The van der Waals surface area contributed by atoms with Crippen LogP contribution in [0.4, 0.5) is 17.1 Å². The molecule has 0 atom stereocenters. The van der Waals surface area contributed by atoms with Crippen LogP contribution in [0.25, 0.3) is 88.0 Å². The van der Waals surface area contributed by atoms with E-state index >= 15 is 0 Å². The Hall–Kier alpha value is -8.78. The van der Waals surface area contributed by atoms with Gasteiger partial charge in [-0.05, 0) is 141 Å². The molecule has 0 radical (unpaired) electrons. The molecule has 0 aromatic heterocycles. The van der Waals surface area contributed by atoms with Gasteiger partial charge in [0.15, 0.2) is 0 Å². The topological polar surface area (TPSA) is 3.24 Å². The highest BCUT2D eigenvalue weighted by atomic mass is 15.1. The van der Waals surface area contributed by atoms with Gasteiger partial charge in [0.1, 0.15) is 0 Å². The molecule has 0 N–H and O–H groups in total. The summed E-state index contributed by atoms with van der Waals surface area (Å²) in [6, 6.07) is 93.9. The zero-order chi connectivity index (χ0) is 47.0. The third-order valence-electron chi connectivity index (χ3n) is 16.5. The molecule has 332 valence electrons. The van der Waals surface area contributed by atoms with Gasteiger partial charge in [0.25, 0.3) is 0 Å². The Bertz CT molecular complexity index is 4110. The lowest BCUT2D eigenvalue weighted by atomic mass is 9.70. The molecule has 0 aliphatic heterocycles. The first-order valence-corrected chi connectivity index (χ1v) is 25.0. The second-order valence-corrected chi connectivity index (χ2v) is 20.3. The molecule has 0 saturated heterocycles. The average molecular weight is 902 g/mol. The summed E-state index contributed by atoms with van der Waals surface area (Å²) in [5, 5.41) is 7.57. The van der Waals surface area contributed by atoms with Crippen LogP contribution >= 0.6 is 0 Å². The van der Waals surface area contributed by atoms with E-state index in [1.54, 1.807) is 0 Å². The first kappa shape index (κ1) is 40.1. The van der Waals surface area contributed by atoms with Crippen molar-refractivity contribution in [3.8, 4) is 55.6 Å². The van der Waals surface area contributed by atoms with Crippen LogP contribution in [0.5, 0.6) is 0 Å². The number of rotatable bonds is 5. The smallest absolute Gasteiger partial charge is 0.0726 e. The highest BCUT2D eigenvalue weighted by Gasteiger charge is 2.52. The Balaban J connectivity index is 1.09. The van der Waals surface area contributed by atoms with Crippen LogP contribution in [0.3, 0.4) is 0 Å². The number of anilines is 3. The van der Waals surface area contributed by atoms with E-state index in [-0.39, 0.29) is 5.41 Å². The van der Waals surface area contributed by atoms with Gasteiger partial charge in [-0.1, -0.05) is 232 Å². The largest absolute Gasteiger partial charge is 0.309 e. The van der Waals surface area contributed by atoms with Gasteiger partial charge in [-0.3, -0.25) is 0 Å². The summed E-state index contributed by atoms with van der Waals surface area (Å²) < 4.78 is 0. The van der Waals surface area contributed by atoms with Gasteiger partial charge in [-0.25, -0.2) is 0 Å². The summed E-state index contributed by atoms with van der Waals surface area (Å²) in [4.78, 5) is 2.63. The number of fused-ring (bicyclic) bond motifs is 19. The van der Waals surface area contributed by atoms with Crippen LogP contribution in [0.1, 0.15) is 47.2 Å². The van der Waals surface area contributed by atoms with Crippen LogP contribution < -0.4 is 4.90 Å². The summed E-state index contributed by atoms with van der Waals surface area (Å²) >= 11 is 0. The molecule has 0 heterocycles. The molecule has 3 aliphatic carbocycles. The van der Waals surface area contributed by atoms with Crippen LogP contribution in [0.15, 0.2) is 249 Å². The van der Waals surface area contributed by atoms with Crippen LogP contribution in [-0.2, 0) is 10.8 Å². The van der Waals surface area contributed by atoms with Crippen LogP contribution in [-0.4, -0.2) is 0 Å². The fraction of sp³-hybridized carbons (Fsp3) is 0.0571. The molecule has 1 spiro atoms. The molecule has 12 aromatic carbocycles. The van der Waals surface area contributed by atoms with E-state index in [0.29, 0.717) is 0 Å². The maximum atomic E-state index is 2.63. The standard InChI is InChI=1S/C70H47N/c1-69(2)60-29-14-13-28-56(60)68-64(69)33-18-34-66(68)71(47-39-40-52-50-23-7-6-21-48(50)49-22-8-9-24-51(49)58(52)41-47)67-43-65-59(42-57(67)46-37-35-45(36-38-46)44-19-4-3-5-20-44)55-27-12-17-32-63(55)70(65)61-30-15-10-25-53(61)54-26-11-16-31-62(54)70/h3-43H,1-2H3. The summed E-state index contributed by atoms with van der Waals surface area (Å²) in [5.41, 5.74) is 23.3. The molecule has 0 fully saturated rings. The van der Waals surface area contributed by atoms with E-state index in [4.69, 9.17) is 0 Å². The molecule has 0 unspecified atom stereocenters. The highest BCUT2D eigenvalue weighted by molar-refractivity contribution is 6.26. The van der Waals surface area contributed by atoms with Crippen molar-refractivity contribution in [3.05, 3.63) is 282 Å². The second kappa shape index (κ2) is 14.9. The summed E-state index contributed by atoms with van der Waals surface area (Å²) in [7, 11) is 0. The number of hydrogen-bond donors (Lipinski definition) is 0. The fourth-order valence-corrected chi connectivity index (χ4v) is 13.4. The first-order valence-electron chi connectivity index (χ1n) is 25.0. The molecule has 0 amide bonds. The molecule has 15 rings (SSSR count). The molecular weight excluding hydrogens is 855 g/mol. The average Bonchev–Trinajstić information content (AvgIpc) is 4.01. The maximum Gasteiger partial charge on any atom is 0.0726 e. The van der Waals surface area contributed by atoms with E-state index < -0.39 is 5.41 Å². The van der Waals surface area contributed by atoms with Gasteiger partial charge < -0.3 is 4.90 Å². The lowest BCUT2D eigenvalue weighted by molar-refractivity contribution is 0.660. The minimum Gasteiger partial charge on any atom is -0.309 e. The predicted molar refractivity (Wildman–Crippen MR) is 298 cm³/mol. The van der Waals surface area contributed by atoms with Gasteiger partial charge in [0, 0.05) is 22.2 Å². The quantitative estimate of drug-likeness (QED) is 0.156. The lowest BCUT2D eigenvalue weighted by Gasteiger charge is -2.34. The Labute approximate surface area is 414 Å². The Kier molecular flexibility index (Phi) is 8.40. The Morgan fingerprint density at radius 3 is 1.35 bits per heavy atom. The van der Waals surface area contributed by atoms with Crippen molar-refractivity contribution in [1.82, 2.24) is 0 Å². The van der Waals surface area contributed by atoms with E-state index in [1.807, 2.05) is 0 Å². The van der Waals surface area contributed by atoms with Crippen molar-refractivity contribution in [3.63, 3.8) is 0 Å². The molecule has 1 heteroatoms. The molecule has 0 saturated carbocycles. The molecule has 1 nitrogen and oxygen atoms in total. The minimum absolute atomic E-state index is 0.191. The molecule has 3 aliphatic rings. The van der Waals surface area contributed by atoms with Crippen molar-refractivity contribution in [2.45, 2.75) is 24.7 Å². The molecule has 0 bridgehead atoms. The first-order chi connectivity index (χ1) is 35.0. The van der Waals surface area contributed by atoms with E-state index in [2.05, 4.69) is 267 Å². The van der Waals surface area contributed by atoms with Gasteiger partial charge >= 0.3 is 0 Å². The monoisotopic (exact) mass is 901 g/mol. The Morgan fingerprint density at radius 2 is 0.732 bits per heavy atom. The third kappa shape index (κ3) is 5.46. The predicted octanol–water partition coefficient (Wildman–Crippen LogP) is 18.6. The van der Waals surface area contributed by atoms with Crippen LogP contribution in [0.2, 0.25) is 0 Å². The maximum absolute atomic E-state index is 2.63. The van der Waals surface area contributed by atoms with Gasteiger partial charge in [-0.15, -0.1) is 0 Å². The summed E-state index contributed by atoms with van der Waals surface area (Å²) in [5.74, 6) is 0. The summed E-state index contributed by atoms with van der Waals surface area (Å²) in [6.07, 6.45) is 0. The Morgan fingerprint density at radius 1 is 0.268 bits per heavy atom. The third-order valence-corrected chi connectivity index (χ3v) is 16.5. The van der Waals surface area contributed by atoms with Crippen molar-refractivity contribution in [2.75, 3.05) is 4.90 Å². The lowest BCUT2D eigenvalue weighted by Crippen LogP contribution is -2.26. The molecule has 71 heavy (non-hydrogen) atoms. The zero-order valence-corrected chi connectivity index (χ0v) is 39.6. The van der Waals surface area contributed by atoms with E-state index in [9.17, 15) is 0 Å². The van der Waals surface area contributed by atoms with E-state index in [0.717, 1.165) is 11.4 Å². The highest BCUT2D eigenvalue weighted by Crippen LogP contribution is 2.65. The minimum atomic E-state index is -0.527. The summed E-state index contributed by atoms with van der Waals surface area (Å²) in [6.45, 7) is 4.79. The number of hydrogen-bond acceptors (Lipinski definition) is 1.